The Bertz CT molecular complexity index is 1150. The maximum Gasteiger partial charge on any atom is 0.343 e. The number of hydroxylamine groups is 2. The second-order valence-electron chi connectivity index (χ2n) is 8.26. The Morgan fingerprint density at radius 3 is 2.24 bits per heavy atom. The number of carbonyl (C=O) groups excluding carboxylic acids is 2. The average Bonchev–Trinajstić information content (AvgIpc) is 3.34. The molecule has 9 nitrogen and oxygen atoms in total. The first-order chi connectivity index (χ1) is 16.4. The first-order valence-corrected chi connectivity index (χ1v) is 11.0. The standard InChI is InChI=1S/C25H28N4O5/c1-27(32)24(31)28-15-13-25(14-16-28,23(30)34-3)22-17-21(18-7-5-4-6-8-18)29(26-22)19-9-11-20(33-2)12-10-19/h4-12,17,32H,13-16H2,1-3H3. The number of aromatic nitrogens is 2. The molecule has 1 aliphatic heterocycles. The Labute approximate surface area is 198 Å². The van der Waals surface area contributed by atoms with Gasteiger partial charge >= 0.3 is 12.0 Å². The van der Waals surface area contributed by atoms with Crippen LogP contribution < -0.4 is 4.74 Å². The van der Waals surface area contributed by atoms with Crippen LogP contribution in [0.15, 0.2) is 60.7 Å². The van der Waals surface area contributed by atoms with Crippen LogP contribution in [0.5, 0.6) is 5.75 Å². The topological polar surface area (TPSA) is 97.1 Å². The molecule has 0 atom stereocenters. The van der Waals surface area contributed by atoms with E-state index in [1.165, 1.54) is 19.1 Å². The van der Waals surface area contributed by atoms with E-state index in [1.807, 2.05) is 65.3 Å². The highest BCUT2D eigenvalue weighted by Crippen LogP contribution is 2.39. The minimum Gasteiger partial charge on any atom is -0.497 e. The molecule has 0 saturated carbocycles. The van der Waals surface area contributed by atoms with Crippen molar-refractivity contribution in [1.82, 2.24) is 19.7 Å². The monoisotopic (exact) mass is 464 g/mol. The van der Waals surface area contributed by atoms with Crippen LogP contribution in [0.3, 0.4) is 0 Å². The van der Waals surface area contributed by atoms with Gasteiger partial charge in [0.25, 0.3) is 0 Å². The van der Waals surface area contributed by atoms with E-state index >= 15 is 0 Å². The van der Waals surface area contributed by atoms with E-state index in [-0.39, 0.29) is 13.1 Å². The highest BCUT2D eigenvalue weighted by Gasteiger charge is 2.47. The third-order valence-corrected chi connectivity index (χ3v) is 6.33. The van der Waals surface area contributed by atoms with Crippen LogP contribution in [0.1, 0.15) is 18.5 Å². The summed E-state index contributed by atoms with van der Waals surface area (Å²) in [5.74, 6) is 0.338. The largest absolute Gasteiger partial charge is 0.497 e. The predicted molar refractivity (Wildman–Crippen MR) is 125 cm³/mol. The van der Waals surface area contributed by atoms with Gasteiger partial charge < -0.3 is 14.4 Å². The fourth-order valence-corrected chi connectivity index (χ4v) is 4.39. The summed E-state index contributed by atoms with van der Waals surface area (Å²) in [5.41, 5.74) is 2.17. The van der Waals surface area contributed by atoms with Crippen molar-refractivity contribution in [2.45, 2.75) is 18.3 Å². The number of rotatable bonds is 5. The van der Waals surface area contributed by atoms with Crippen molar-refractivity contribution in [3.05, 3.63) is 66.4 Å². The number of benzene rings is 2. The van der Waals surface area contributed by atoms with Gasteiger partial charge in [0.1, 0.15) is 11.2 Å². The van der Waals surface area contributed by atoms with Crippen LogP contribution in [0, 0.1) is 0 Å². The number of amides is 2. The van der Waals surface area contributed by atoms with Gasteiger partial charge in [0, 0.05) is 25.7 Å². The molecule has 1 fully saturated rings. The molecule has 4 rings (SSSR count). The Balaban J connectivity index is 1.79. The van der Waals surface area contributed by atoms with Crippen LogP contribution >= 0.6 is 0 Å². The molecule has 178 valence electrons. The van der Waals surface area contributed by atoms with E-state index in [9.17, 15) is 14.8 Å². The summed E-state index contributed by atoms with van der Waals surface area (Å²) >= 11 is 0. The first kappa shape index (κ1) is 23.3. The molecule has 1 saturated heterocycles. The second kappa shape index (κ2) is 9.56. The van der Waals surface area contributed by atoms with E-state index in [2.05, 4.69) is 0 Å². The number of hydrogen-bond donors (Lipinski definition) is 1. The molecule has 0 aliphatic carbocycles. The van der Waals surface area contributed by atoms with Crippen molar-refractivity contribution in [2.75, 3.05) is 34.4 Å². The maximum absolute atomic E-state index is 13.1. The van der Waals surface area contributed by atoms with Gasteiger partial charge in [-0.25, -0.2) is 14.5 Å². The molecule has 0 unspecified atom stereocenters. The zero-order valence-electron chi connectivity index (χ0n) is 19.5. The van der Waals surface area contributed by atoms with Gasteiger partial charge in [0.05, 0.1) is 31.3 Å². The smallest absolute Gasteiger partial charge is 0.343 e. The summed E-state index contributed by atoms with van der Waals surface area (Å²) in [6, 6.07) is 18.8. The molecule has 9 heteroatoms. The highest BCUT2D eigenvalue weighted by atomic mass is 16.5. The summed E-state index contributed by atoms with van der Waals surface area (Å²) in [5, 5.41) is 15.0. The van der Waals surface area contributed by atoms with Crippen molar-refractivity contribution in [3.63, 3.8) is 0 Å². The number of ether oxygens (including phenoxy) is 2. The van der Waals surface area contributed by atoms with Crippen LogP contribution in [-0.2, 0) is 14.9 Å². The molecule has 0 spiro atoms. The van der Waals surface area contributed by atoms with Crippen LogP contribution in [0.25, 0.3) is 16.9 Å². The molecular formula is C25H28N4O5. The van der Waals surface area contributed by atoms with Crippen LogP contribution in [0.2, 0.25) is 0 Å². The minimum absolute atomic E-state index is 0.287. The highest BCUT2D eigenvalue weighted by molar-refractivity contribution is 5.84. The molecule has 2 aromatic carbocycles. The van der Waals surface area contributed by atoms with Gasteiger partial charge in [0.15, 0.2) is 0 Å². The second-order valence-corrected chi connectivity index (χ2v) is 8.26. The fraction of sp³-hybridized carbons (Fsp3) is 0.320. The number of carbonyl (C=O) groups is 2. The number of urea groups is 1. The predicted octanol–water partition coefficient (Wildman–Crippen LogP) is 3.50. The number of likely N-dealkylation sites (tertiary alicyclic amines) is 1. The zero-order chi connectivity index (χ0) is 24.3. The van der Waals surface area contributed by atoms with E-state index in [1.54, 1.807) is 7.11 Å². The summed E-state index contributed by atoms with van der Waals surface area (Å²) < 4.78 is 12.3. The van der Waals surface area contributed by atoms with Crippen molar-refractivity contribution in [3.8, 4) is 22.7 Å². The summed E-state index contributed by atoms with van der Waals surface area (Å²) in [7, 11) is 4.26. The number of esters is 1. The van der Waals surface area contributed by atoms with E-state index in [0.29, 0.717) is 23.6 Å². The lowest BCUT2D eigenvalue weighted by molar-refractivity contribution is -0.149. The lowest BCUT2D eigenvalue weighted by Gasteiger charge is -2.39. The average molecular weight is 465 g/mol. The summed E-state index contributed by atoms with van der Waals surface area (Å²) in [6.45, 7) is 0.573. The Morgan fingerprint density at radius 1 is 1.03 bits per heavy atom. The van der Waals surface area contributed by atoms with Crippen molar-refractivity contribution in [1.29, 1.82) is 0 Å². The Kier molecular flexibility index (Phi) is 6.56. The molecule has 1 N–H and O–H groups in total. The number of hydrogen-bond acceptors (Lipinski definition) is 6. The van der Waals surface area contributed by atoms with Gasteiger partial charge in [-0.1, -0.05) is 30.3 Å². The normalized spacial score (nSPS) is 15.0. The summed E-state index contributed by atoms with van der Waals surface area (Å²) in [4.78, 5) is 26.9. The van der Waals surface area contributed by atoms with Crippen LogP contribution in [-0.4, -0.2) is 71.3 Å². The molecule has 0 bridgehead atoms. The molecule has 2 amide bonds. The van der Waals surface area contributed by atoms with Gasteiger partial charge in [-0.2, -0.15) is 5.10 Å². The SMILES string of the molecule is COC(=O)C1(c2cc(-c3ccccc3)n(-c3ccc(OC)cc3)n2)CCN(C(=O)N(C)O)CC1. The number of methoxy groups -OCH3 is 2. The fourth-order valence-electron chi connectivity index (χ4n) is 4.39. The van der Waals surface area contributed by atoms with Gasteiger partial charge in [0.2, 0.25) is 0 Å². The maximum atomic E-state index is 13.1. The third-order valence-electron chi connectivity index (χ3n) is 6.33. The molecule has 1 aliphatic rings. The first-order valence-electron chi connectivity index (χ1n) is 11.0. The quantitative estimate of drug-likeness (QED) is 0.353. The molecule has 0 radical (unpaired) electrons. The van der Waals surface area contributed by atoms with Gasteiger partial charge in [-0.05, 0) is 43.2 Å². The molecular weight excluding hydrogens is 436 g/mol. The Morgan fingerprint density at radius 2 is 1.68 bits per heavy atom. The van der Waals surface area contributed by atoms with Gasteiger partial charge in [-0.3, -0.25) is 10.0 Å². The minimum atomic E-state index is -1.01. The number of nitrogens with zero attached hydrogens (tertiary/aromatic N) is 4. The van der Waals surface area contributed by atoms with Crippen molar-refractivity contribution >= 4 is 12.0 Å². The molecule has 34 heavy (non-hydrogen) atoms. The van der Waals surface area contributed by atoms with E-state index in [0.717, 1.165) is 22.7 Å². The van der Waals surface area contributed by atoms with Gasteiger partial charge in [-0.15, -0.1) is 0 Å². The Hall–Kier alpha value is -3.85. The van der Waals surface area contributed by atoms with E-state index in [4.69, 9.17) is 14.6 Å². The number of piperidine rings is 1. The summed E-state index contributed by atoms with van der Waals surface area (Å²) in [6.07, 6.45) is 0.653. The molecule has 3 aromatic rings. The lowest BCUT2D eigenvalue weighted by atomic mass is 9.75. The van der Waals surface area contributed by atoms with Crippen molar-refractivity contribution < 1.29 is 24.3 Å². The third kappa shape index (κ3) is 4.22. The molecule has 2 heterocycles. The zero-order valence-corrected chi connectivity index (χ0v) is 19.5. The van der Waals surface area contributed by atoms with Crippen LogP contribution in [0.4, 0.5) is 4.79 Å². The van der Waals surface area contributed by atoms with E-state index < -0.39 is 17.4 Å². The molecule has 1 aromatic heterocycles. The lowest BCUT2D eigenvalue weighted by Crippen LogP contribution is -2.51. The van der Waals surface area contributed by atoms with Crippen molar-refractivity contribution in [2.24, 2.45) is 0 Å².